The molecule has 0 spiro atoms. The number of carbonyl (C=O) groups is 1. The number of halogens is 1. The molecule has 3 aromatic rings. The van der Waals surface area contributed by atoms with Gasteiger partial charge >= 0.3 is 0 Å². The highest BCUT2D eigenvalue weighted by Gasteiger charge is 2.26. The Hall–Kier alpha value is -3.01. The molecule has 3 atom stereocenters. The van der Waals surface area contributed by atoms with Crippen molar-refractivity contribution >= 4 is 23.3 Å². The predicted molar refractivity (Wildman–Crippen MR) is 125 cm³/mol. The number of aromatic hydroxyl groups is 1. The summed E-state index contributed by atoms with van der Waals surface area (Å²) in [5.41, 5.74) is 0. The van der Waals surface area contributed by atoms with Gasteiger partial charge in [-0.1, -0.05) is 44.0 Å². The number of ether oxygens (including phenoxy) is 1. The van der Waals surface area contributed by atoms with E-state index in [2.05, 4.69) is 10.4 Å². The maximum Gasteiger partial charge on any atom is 0.248 e. The van der Waals surface area contributed by atoms with Gasteiger partial charge in [-0.15, -0.1) is 0 Å². The molecule has 1 unspecified atom stereocenters. The summed E-state index contributed by atoms with van der Waals surface area (Å²) in [7, 11) is 0. The van der Waals surface area contributed by atoms with E-state index in [1.54, 1.807) is 42.7 Å². The first-order chi connectivity index (χ1) is 15.8. The van der Waals surface area contributed by atoms with Crippen LogP contribution in [0.25, 0.3) is 0 Å². The zero-order valence-electron chi connectivity index (χ0n) is 18.6. The van der Waals surface area contributed by atoms with Crippen molar-refractivity contribution in [3.8, 4) is 17.4 Å². The molecule has 33 heavy (non-hydrogen) atoms. The Morgan fingerprint density at radius 2 is 2.06 bits per heavy atom. The summed E-state index contributed by atoms with van der Waals surface area (Å²) in [5.74, 6) is 0.849. The van der Waals surface area contributed by atoms with E-state index in [9.17, 15) is 15.0 Å². The number of aliphatic hydroxyl groups is 2. The Bertz CT molecular complexity index is 1070. The Balaban J connectivity index is 1.80. The van der Waals surface area contributed by atoms with Gasteiger partial charge in [-0.05, 0) is 24.5 Å². The molecular weight excluding hydrogens is 448 g/mol. The zero-order chi connectivity index (χ0) is 24.0. The van der Waals surface area contributed by atoms with E-state index < -0.39 is 12.1 Å². The van der Waals surface area contributed by atoms with Crippen molar-refractivity contribution in [2.45, 2.75) is 45.4 Å². The lowest BCUT2D eigenvalue weighted by Gasteiger charge is -2.21. The molecule has 1 amide bonds. The number of anilines is 1. The molecule has 0 radical (unpaired) electrons. The van der Waals surface area contributed by atoms with Crippen LogP contribution in [-0.2, 0) is 11.3 Å². The highest BCUT2D eigenvalue weighted by molar-refractivity contribution is 6.32. The lowest BCUT2D eigenvalue weighted by atomic mass is 9.98. The third kappa shape index (κ3) is 6.50. The Morgan fingerprint density at radius 3 is 2.76 bits per heavy atom. The SMILES string of the molecule is CC[C@@H](C)CC(C(=O)Nc1ccn(C[C@@H](O)CO)n1)n1cc(Oc2ccccc2Cl)cc1O. The fourth-order valence-corrected chi connectivity index (χ4v) is 3.48. The standard InChI is InChI=1S/C23H29ClN4O5/c1-3-15(2)10-19(23(32)25-21-8-9-27(26-21)12-16(30)14-29)28-13-17(11-22(28)31)33-20-7-5-4-6-18(20)24/h4-9,11,13,15-16,19,29-31H,3,10,12,14H2,1-2H3,(H,25,26,32)/t15-,16-,19?/m1/s1. The highest BCUT2D eigenvalue weighted by Crippen LogP contribution is 2.35. The minimum atomic E-state index is -0.944. The molecule has 9 nitrogen and oxygen atoms in total. The molecule has 0 aliphatic carbocycles. The predicted octanol–water partition coefficient (Wildman–Crippen LogP) is 3.81. The molecule has 2 aromatic heterocycles. The van der Waals surface area contributed by atoms with Crippen LogP contribution in [0.4, 0.5) is 5.82 Å². The van der Waals surface area contributed by atoms with Crippen molar-refractivity contribution in [3.63, 3.8) is 0 Å². The maximum atomic E-state index is 13.2. The lowest BCUT2D eigenvalue weighted by molar-refractivity contribution is -0.119. The van der Waals surface area contributed by atoms with Crippen LogP contribution in [0.1, 0.15) is 32.7 Å². The van der Waals surface area contributed by atoms with Crippen molar-refractivity contribution in [1.29, 1.82) is 0 Å². The van der Waals surface area contributed by atoms with E-state index in [0.717, 1.165) is 6.42 Å². The molecule has 2 heterocycles. The topological polar surface area (TPSA) is 122 Å². The lowest BCUT2D eigenvalue weighted by Crippen LogP contribution is -2.27. The van der Waals surface area contributed by atoms with Crippen LogP contribution in [-0.4, -0.2) is 48.3 Å². The van der Waals surface area contributed by atoms with Crippen LogP contribution in [0.2, 0.25) is 5.02 Å². The average molecular weight is 477 g/mol. The number of nitrogens with zero attached hydrogens (tertiary/aromatic N) is 3. The molecule has 0 bridgehead atoms. The van der Waals surface area contributed by atoms with Gasteiger partial charge in [0, 0.05) is 18.3 Å². The van der Waals surface area contributed by atoms with Crippen molar-refractivity contribution in [1.82, 2.24) is 14.3 Å². The number of hydrogen-bond acceptors (Lipinski definition) is 6. The number of amides is 1. The van der Waals surface area contributed by atoms with Crippen molar-refractivity contribution < 1.29 is 24.9 Å². The molecule has 0 aliphatic heterocycles. The number of nitrogens with one attached hydrogen (secondary N) is 1. The Morgan fingerprint density at radius 1 is 1.30 bits per heavy atom. The Kier molecular flexibility index (Phi) is 8.37. The zero-order valence-corrected chi connectivity index (χ0v) is 19.3. The highest BCUT2D eigenvalue weighted by atomic mass is 35.5. The van der Waals surface area contributed by atoms with Crippen LogP contribution in [0.3, 0.4) is 0 Å². The molecule has 4 N–H and O–H groups in total. The second-order valence-corrected chi connectivity index (χ2v) is 8.39. The summed E-state index contributed by atoms with van der Waals surface area (Å²) in [6.45, 7) is 3.79. The summed E-state index contributed by atoms with van der Waals surface area (Å²) in [6, 6.07) is 9.31. The first-order valence-corrected chi connectivity index (χ1v) is 11.1. The number of benzene rings is 1. The van der Waals surface area contributed by atoms with Crippen LogP contribution < -0.4 is 10.1 Å². The van der Waals surface area contributed by atoms with Gasteiger partial charge in [0.2, 0.25) is 5.91 Å². The summed E-state index contributed by atoms with van der Waals surface area (Å²) in [6.07, 6.45) is 3.57. The summed E-state index contributed by atoms with van der Waals surface area (Å²) >= 11 is 6.16. The quantitative estimate of drug-likeness (QED) is 0.334. The van der Waals surface area contributed by atoms with E-state index in [1.165, 1.54) is 15.3 Å². The second kappa shape index (κ2) is 11.2. The number of carbonyl (C=O) groups excluding carboxylic acids is 1. The average Bonchev–Trinajstić information content (AvgIpc) is 3.38. The van der Waals surface area contributed by atoms with Crippen molar-refractivity contribution in [2.75, 3.05) is 11.9 Å². The number of hydrogen-bond donors (Lipinski definition) is 4. The number of rotatable bonds is 11. The van der Waals surface area contributed by atoms with Gasteiger partial charge in [0.1, 0.15) is 17.5 Å². The van der Waals surface area contributed by atoms with Gasteiger partial charge in [0.15, 0.2) is 11.7 Å². The van der Waals surface area contributed by atoms with Crippen molar-refractivity contribution in [2.24, 2.45) is 5.92 Å². The molecule has 0 saturated carbocycles. The molecule has 0 saturated heterocycles. The minimum absolute atomic E-state index is 0.101. The largest absolute Gasteiger partial charge is 0.494 e. The number of para-hydroxylation sites is 1. The molecule has 0 aliphatic rings. The molecular formula is C23H29ClN4O5. The number of aliphatic hydroxyl groups excluding tert-OH is 2. The minimum Gasteiger partial charge on any atom is -0.494 e. The molecule has 178 valence electrons. The van der Waals surface area contributed by atoms with E-state index >= 15 is 0 Å². The van der Waals surface area contributed by atoms with E-state index in [4.69, 9.17) is 21.4 Å². The second-order valence-electron chi connectivity index (χ2n) is 7.99. The normalized spacial score (nSPS) is 14.0. The Labute approximate surface area is 197 Å². The van der Waals surface area contributed by atoms with Gasteiger partial charge in [-0.3, -0.25) is 9.48 Å². The molecule has 0 fully saturated rings. The van der Waals surface area contributed by atoms with E-state index in [1.807, 2.05) is 13.8 Å². The van der Waals surface area contributed by atoms with Gasteiger partial charge < -0.3 is 29.9 Å². The molecule has 3 rings (SSSR count). The van der Waals surface area contributed by atoms with Gasteiger partial charge in [-0.2, -0.15) is 5.10 Å². The smallest absolute Gasteiger partial charge is 0.248 e. The fourth-order valence-electron chi connectivity index (χ4n) is 3.31. The first-order valence-electron chi connectivity index (χ1n) is 10.8. The number of aromatic nitrogens is 3. The van der Waals surface area contributed by atoms with Crippen molar-refractivity contribution in [3.05, 3.63) is 53.8 Å². The van der Waals surface area contributed by atoms with Crippen LogP contribution in [0, 0.1) is 5.92 Å². The van der Waals surface area contributed by atoms with E-state index in [-0.39, 0.29) is 30.9 Å². The van der Waals surface area contributed by atoms with Crippen LogP contribution in [0.5, 0.6) is 17.4 Å². The van der Waals surface area contributed by atoms with E-state index in [0.29, 0.717) is 28.8 Å². The fraction of sp³-hybridized carbons (Fsp3) is 0.391. The summed E-state index contributed by atoms with van der Waals surface area (Å²) in [4.78, 5) is 13.2. The summed E-state index contributed by atoms with van der Waals surface area (Å²) in [5, 5.41) is 36.5. The van der Waals surface area contributed by atoms with Gasteiger partial charge in [-0.25, -0.2) is 0 Å². The third-order valence-corrected chi connectivity index (χ3v) is 5.64. The summed E-state index contributed by atoms with van der Waals surface area (Å²) < 4.78 is 8.70. The van der Waals surface area contributed by atoms with Gasteiger partial charge in [0.25, 0.3) is 0 Å². The van der Waals surface area contributed by atoms with Crippen LogP contribution >= 0.6 is 11.6 Å². The first kappa shape index (κ1) is 24.6. The maximum absolute atomic E-state index is 13.2. The van der Waals surface area contributed by atoms with Gasteiger partial charge in [0.05, 0.1) is 30.5 Å². The molecule has 10 heteroatoms. The molecule has 1 aromatic carbocycles. The monoisotopic (exact) mass is 476 g/mol. The van der Waals surface area contributed by atoms with Crippen LogP contribution in [0.15, 0.2) is 48.8 Å². The third-order valence-electron chi connectivity index (χ3n) is 5.33.